The normalized spacial score (nSPS) is 14.1. The van der Waals surface area contributed by atoms with E-state index in [4.69, 9.17) is 0 Å². The summed E-state index contributed by atoms with van der Waals surface area (Å²) in [5, 5.41) is 14.0. The number of nitrogens with two attached hydrogens (primary N) is 1. The van der Waals surface area contributed by atoms with Gasteiger partial charge in [-0.1, -0.05) is 44.2 Å². The molecule has 29 heavy (non-hydrogen) atoms. The first-order chi connectivity index (χ1) is 13.7. The van der Waals surface area contributed by atoms with Gasteiger partial charge in [-0.2, -0.15) is 14.0 Å². The highest BCUT2D eigenvalue weighted by molar-refractivity contribution is 5.78. The molecule has 0 aromatic heterocycles. The number of halogens is 2. The van der Waals surface area contributed by atoms with Crippen molar-refractivity contribution >= 4 is 5.91 Å². The Labute approximate surface area is 169 Å². The molecule has 0 aliphatic heterocycles. The molecule has 0 aliphatic carbocycles. The predicted octanol–water partition coefficient (Wildman–Crippen LogP) is 3.00. The zero-order valence-corrected chi connectivity index (χ0v) is 16.7. The summed E-state index contributed by atoms with van der Waals surface area (Å²) in [5.74, 6) is -0.208. The van der Waals surface area contributed by atoms with E-state index < -0.39 is 12.2 Å². The van der Waals surface area contributed by atoms with Gasteiger partial charge in [-0.05, 0) is 37.1 Å². The molecule has 0 heterocycles. The first-order valence-corrected chi connectivity index (χ1v) is 9.40. The van der Waals surface area contributed by atoms with Crippen LogP contribution >= 0.6 is 0 Å². The van der Waals surface area contributed by atoms with Crippen molar-refractivity contribution in [1.29, 1.82) is 5.26 Å². The summed E-state index contributed by atoms with van der Waals surface area (Å²) in [7, 11) is 0. The average molecular weight is 402 g/mol. The molecule has 7 heteroatoms. The highest BCUT2D eigenvalue weighted by atomic mass is 19.3. The van der Waals surface area contributed by atoms with Gasteiger partial charge in [-0.25, -0.2) is 0 Å². The highest BCUT2D eigenvalue weighted by Gasteiger charge is 2.31. The number of carbonyl (C=O) groups is 1. The smallest absolute Gasteiger partial charge is 0.387 e. The van der Waals surface area contributed by atoms with Crippen molar-refractivity contribution in [2.75, 3.05) is 6.54 Å². The van der Waals surface area contributed by atoms with Crippen LogP contribution in [0.5, 0.6) is 5.75 Å². The van der Waals surface area contributed by atoms with Crippen LogP contribution in [0.3, 0.4) is 0 Å². The third-order valence-corrected chi connectivity index (χ3v) is 4.95. The number of alkyl halides is 2. The Kier molecular flexibility index (Phi) is 7.68. The number of carbonyl (C=O) groups excluding carboxylic acids is 1. The molecule has 0 fully saturated rings. The fraction of sp³-hybridized carbons (Fsp3) is 0.364. The van der Waals surface area contributed by atoms with E-state index in [1.807, 2.05) is 49.5 Å². The Morgan fingerprint density at radius 3 is 2.24 bits per heavy atom. The van der Waals surface area contributed by atoms with Gasteiger partial charge in [0.05, 0.1) is 6.07 Å². The number of ether oxygens (including phenoxy) is 1. The molecule has 1 amide bonds. The third-order valence-electron chi connectivity index (χ3n) is 4.95. The molecule has 154 valence electrons. The molecule has 2 aromatic rings. The van der Waals surface area contributed by atoms with Gasteiger partial charge in [-0.15, -0.1) is 0 Å². The largest absolute Gasteiger partial charge is 0.435 e. The number of hydrogen-bond donors (Lipinski definition) is 2. The van der Waals surface area contributed by atoms with Crippen LogP contribution in [0.2, 0.25) is 0 Å². The molecule has 0 unspecified atom stereocenters. The fourth-order valence-electron chi connectivity index (χ4n) is 2.85. The first-order valence-electron chi connectivity index (χ1n) is 9.40. The number of amides is 1. The molecule has 2 aromatic carbocycles. The summed E-state index contributed by atoms with van der Waals surface area (Å²) in [6.07, 6.45) is 0. The fourth-order valence-corrected chi connectivity index (χ4v) is 2.85. The minimum absolute atomic E-state index is 0.0382. The molecule has 3 N–H and O–H groups in total. The number of nitrogens with zero attached hydrogens (tertiary/aromatic N) is 1. The van der Waals surface area contributed by atoms with Crippen molar-refractivity contribution in [1.82, 2.24) is 5.32 Å². The van der Waals surface area contributed by atoms with Crippen molar-refractivity contribution in [3.05, 3.63) is 65.7 Å². The second kappa shape index (κ2) is 9.99. The maximum absolute atomic E-state index is 12.5. The van der Waals surface area contributed by atoms with Crippen molar-refractivity contribution < 1.29 is 23.6 Å². The topological polar surface area (TPSA) is 78.7 Å². The van der Waals surface area contributed by atoms with Gasteiger partial charge in [0, 0.05) is 11.1 Å². The lowest BCUT2D eigenvalue weighted by Crippen LogP contribution is -2.88. The van der Waals surface area contributed by atoms with Crippen LogP contribution in [0.25, 0.3) is 0 Å². The third kappa shape index (κ3) is 6.26. The Morgan fingerprint density at radius 1 is 1.14 bits per heavy atom. The summed E-state index contributed by atoms with van der Waals surface area (Å²) in [4.78, 5) is 12.5. The van der Waals surface area contributed by atoms with Crippen LogP contribution in [0, 0.1) is 17.2 Å². The van der Waals surface area contributed by atoms with Crippen LogP contribution in [-0.4, -0.2) is 24.6 Å². The molecule has 2 atom stereocenters. The van der Waals surface area contributed by atoms with E-state index in [9.17, 15) is 18.8 Å². The zero-order chi connectivity index (χ0) is 21.4. The average Bonchev–Trinajstić information content (AvgIpc) is 2.69. The van der Waals surface area contributed by atoms with Crippen LogP contribution in [0.15, 0.2) is 54.6 Å². The zero-order valence-electron chi connectivity index (χ0n) is 16.7. The van der Waals surface area contributed by atoms with Crippen LogP contribution in [0.4, 0.5) is 8.78 Å². The van der Waals surface area contributed by atoms with Gasteiger partial charge < -0.3 is 15.4 Å². The number of rotatable bonds is 9. The lowest BCUT2D eigenvalue weighted by molar-refractivity contribution is -0.676. The van der Waals surface area contributed by atoms with E-state index in [0.29, 0.717) is 0 Å². The summed E-state index contributed by atoms with van der Waals surface area (Å²) >= 11 is 0. The molecule has 5 nitrogen and oxygen atoms in total. The van der Waals surface area contributed by atoms with Gasteiger partial charge >= 0.3 is 6.61 Å². The molecule has 0 aliphatic rings. The van der Waals surface area contributed by atoms with E-state index >= 15 is 0 Å². The number of benzene rings is 2. The molecular weight excluding hydrogens is 376 g/mol. The van der Waals surface area contributed by atoms with E-state index in [1.165, 1.54) is 12.1 Å². The molecule has 0 spiro atoms. The van der Waals surface area contributed by atoms with Gasteiger partial charge in [0.1, 0.15) is 17.3 Å². The quantitative estimate of drug-likeness (QED) is 0.677. The second-order valence-electron chi connectivity index (χ2n) is 7.29. The number of quaternary nitrogens is 1. The number of hydrogen-bond acceptors (Lipinski definition) is 3. The van der Waals surface area contributed by atoms with Crippen LogP contribution in [0.1, 0.15) is 37.9 Å². The first kappa shape index (κ1) is 22.3. The van der Waals surface area contributed by atoms with Crippen LogP contribution < -0.4 is 15.4 Å². The highest BCUT2D eigenvalue weighted by Crippen LogP contribution is 2.22. The van der Waals surface area contributed by atoms with E-state index in [1.54, 1.807) is 19.1 Å². The minimum Gasteiger partial charge on any atom is -0.435 e. The van der Waals surface area contributed by atoms with E-state index in [0.717, 1.165) is 11.1 Å². The van der Waals surface area contributed by atoms with Crippen LogP contribution in [-0.2, 0) is 4.79 Å². The van der Waals surface area contributed by atoms with Gasteiger partial charge in [0.15, 0.2) is 6.54 Å². The molecule has 0 saturated carbocycles. The van der Waals surface area contributed by atoms with E-state index in [2.05, 4.69) is 16.1 Å². The Hall–Kier alpha value is -2.98. The molecule has 0 saturated heterocycles. The second-order valence-corrected chi connectivity index (χ2v) is 7.29. The molecular formula is C22H26F2N3O2+. The number of nitrogens with one attached hydrogen (secondary N) is 1. The maximum Gasteiger partial charge on any atom is 0.387 e. The van der Waals surface area contributed by atoms with Crippen molar-refractivity contribution in [3.63, 3.8) is 0 Å². The Bertz CT molecular complexity index is 835. The number of nitriles is 1. The van der Waals surface area contributed by atoms with Gasteiger partial charge in [0.2, 0.25) is 0 Å². The monoisotopic (exact) mass is 402 g/mol. The van der Waals surface area contributed by atoms with Crippen molar-refractivity contribution in [2.24, 2.45) is 5.92 Å². The standard InChI is InChI=1S/C22H25F2N3O2/c1-15(2)22(3,14-25)27-19(28)13-26-20(16-7-5-4-6-8-16)17-9-11-18(12-10-17)29-21(23)24/h4-12,15,20-21,26H,13H2,1-3H3,(H,27,28)/p+1/t20-,22-/m0/s1. The molecule has 0 radical (unpaired) electrons. The van der Waals surface area contributed by atoms with Gasteiger partial charge in [0.25, 0.3) is 5.91 Å². The van der Waals surface area contributed by atoms with Gasteiger partial charge in [-0.3, -0.25) is 4.79 Å². The summed E-state index contributed by atoms with van der Waals surface area (Å²) in [6, 6.07) is 17.9. The SMILES string of the molecule is CC(C)[C@](C)(C#N)NC(=O)C[NH2+][C@@H](c1ccccc1)c1ccc(OC(F)F)cc1. The lowest BCUT2D eigenvalue weighted by atomic mass is 9.90. The van der Waals surface area contributed by atoms with Crippen molar-refractivity contribution in [3.8, 4) is 11.8 Å². The maximum atomic E-state index is 12.5. The van der Waals surface area contributed by atoms with Crippen molar-refractivity contribution in [2.45, 2.75) is 39.0 Å². The summed E-state index contributed by atoms with van der Waals surface area (Å²) < 4.78 is 29.2. The van der Waals surface area contributed by atoms with E-state index in [-0.39, 0.29) is 30.2 Å². The minimum atomic E-state index is -2.88. The molecule has 0 bridgehead atoms. The molecule has 2 rings (SSSR count). The summed E-state index contributed by atoms with van der Waals surface area (Å²) in [6.45, 7) is 2.69. The Balaban J connectivity index is 2.16. The summed E-state index contributed by atoms with van der Waals surface area (Å²) in [5.41, 5.74) is 0.869. The predicted molar refractivity (Wildman–Crippen MR) is 105 cm³/mol. The lowest BCUT2D eigenvalue weighted by Gasteiger charge is -2.27. The Morgan fingerprint density at radius 2 is 1.72 bits per heavy atom.